The van der Waals surface area contributed by atoms with E-state index in [4.69, 9.17) is 9.84 Å². The second-order valence-corrected chi connectivity index (χ2v) is 5.23. The van der Waals surface area contributed by atoms with E-state index in [0.29, 0.717) is 29.2 Å². The number of amides is 1. The van der Waals surface area contributed by atoms with Crippen LogP contribution in [0.25, 0.3) is 0 Å². The fourth-order valence-corrected chi connectivity index (χ4v) is 2.66. The van der Waals surface area contributed by atoms with Crippen molar-refractivity contribution >= 4 is 23.2 Å². The highest BCUT2D eigenvalue weighted by atomic mass is 32.1. The third kappa shape index (κ3) is 3.82. The molecule has 110 valence electrons. The number of carboxylic acid groups (broad SMARTS) is 1. The maximum Gasteiger partial charge on any atom is 0.335 e. The van der Waals surface area contributed by atoms with E-state index in [2.05, 4.69) is 5.32 Å². The molecule has 1 aromatic carbocycles. The van der Waals surface area contributed by atoms with Crippen molar-refractivity contribution in [3.8, 4) is 5.75 Å². The Balaban J connectivity index is 1.92. The van der Waals surface area contributed by atoms with E-state index in [9.17, 15) is 9.59 Å². The summed E-state index contributed by atoms with van der Waals surface area (Å²) in [5.41, 5.74) is 0.971. The minimum absolute atomic E-state index is 0.184. The molecule has 1 amide bonds. The van der Waals surface area contributed by atoms with Gasteiger partial charge in [-0.1, -0.05) is 18.2 Å². The fraction of sp³-hybridized carbons (Fsp3) is 0.200. The molecule has 0 saturated heterocycles. The summed E-state index contributed by atoms with van der Waals surface area (Å²) in [5.74, 6) is -0.489. The molecular formula is C15H15NO4S. The summed E-state index contributed by atoms with van der Waals surface area (Å²) >= 11 is 1.31. The van der Waals surface area contributed by atoms with Crippen LogP contribution in [-0.4, -0.2) is 30.6 Å². The molecule has 5 nitrogen and oxygen atoms in total. The van der Waals surface area contributed by atoms with E-state index >= 15 is 0 Å². The summed E-state index contributed by atoms with van der Waals surface area (Å²) < 4.78 is 5.03. The van der Waals surface area contributed by atoms with Gasteiger partial charge >= 0.3 is 5.97 Å². The highest BCUT2D eigenvalue weighted by molar-refractivity contribution is 7.12. The summed E-state index contributed by atoms with van der Waals surface area (Å²) in [4.78, 5) is 23.6. The Hall–Kier alpha value is -2.34. The zero-order valence-electron chi connectivity index (χ0n) is 11.5. The van der Waals surface area contributed by atoms with Crippen molar-refractivity contribution < 1.29 is 19.4 Å². The molecule has 2 rings (SSSR count). The van der Waals surface area contributed by atoms with Crippen LogP contribution in [0.1, 0.15) is 25.6 Å². The molecule has 2 aromatic rings. The van der Waals surface area contributed by atoms with Crippen molar-refractivity contribution in [1.29, 1.82) is 0 Å². The normalized spacial score (nSPS) is 10.1. The van der Waals surface area contributed by atoms with Crippen LogP contribution >= 0.6 is 11.3 Å². The van der Waals surface area contributed by atoms with Gasteiger partial charge in [-0.3, -0.25) is 4.79 Å². The Morgan fingerprint density at radius 2 is 2.10 bits per heavy atom. The van der Waals surface area contributed by atoms with Crippen LogP contribution in [0.4, 0.5) is 0 Å². The number of hydrogen-bond acceptors (Lipinski definition) is 4. The summed E-state index contributed by atoms with van der Waals surface area (Å²) in [5, 5.41) is 13.6. The standard InChI is InChI=1S/C15H15NO4S/c1-20-11-8-13(21-9-11)14(17)16-7-6-10-4-2-3-5-12(10)15(18)19/h2-5,8-9H,6-7H2,1H3,(H,16,17)(H,18,19). The number of rotatable bonds is 6. The molecule has 2 N–H and O–H groups in total. The lowest BCUT2D eigenvalue weighted by Gasteiger charge is -2.06. The van der Waals surface area contributed by atoms with Crippen LogP contribution in [-0.2, 0) is 6.42 Å². The zero-order valence-corrected chi connectivity index (χ0v) is 12.3. The van der Waals surface area contributed by atoms with Crippen molar-refractivity contribution in [3.05, 3.63) is 51.7 Å². The van der Waals surface area contributed by atoms with Gasteiger partial charge in [-0.15, -0.1) is 11.3 Å². The van der Waals surface area contributed by atoms with Gasteiger partial charge in [-0.25, -0.2) is 4.79 Å². The van der Waals surface area contributed by atoms with Crippen LogP contribution in [0.2, 0.25) is 0 Å². The minimum atomic E-state index is -0.958. The average Bonchev–Trinajstić information content (AvgIpc) is 2.96. The van der Waals surface area contributed by atoms with Crippen LogP contribution < -0.4 is 10.1 Å². The molecule has 0 aliphatic rings. The number of ether oxygens (including phenoxy) is 1. The summed E-state index contributed by atoms with van der Waals surface area (Å²) in [7, 11) is 1.55. The van der Waals surface area contributed by atoms with Gasteiger partial charge in [0.15, 0.2) is 0 Å². The number of methoxy groups -OCH3 is 1. The first-order chi connectivity index (χ1) is 10.1. The molecule has 1 heterocycles. The molecule has 0 spiro atoms. The quantitative estimate of drug-likeness (QED) is 0.859. The van der Waals surface area contributed by atoms with Crippen LogP contribution in [0, 0.1) is 0 Å². The van der Waals surface area contributed by atoms with Gasteiger partial charge in [0.05, 0.1) is 17.6 Å². The van der Waals surface area contributed by atoms with E-state index < -0.39 is 5.97 Å². The minimum Gasteiger partial charge on any atom is -0.496 e. The van der Waals surface area contributed by atoms with Crippen molar-refractivity contribution in [3.63, 3.8) is 0 Å². The predicted molar refractivity (Wildman–Crippen MR) is 80.3 cm³/mol. The molecule has 6 heteroatoms. The molecule has 0 radical (unpaired) electrons. The number of thiophene rings is 1. The van der Waals surface area contributed by atoms with E-state index in [0.717, 1.165) is 0 Å². The number of aromatic carboxylic acids is 1. The molecule has 0 aliphatic heterocycles. The SMILES string of the molecule is COc1csc(C(=O)NCCc2ccccc2C(=O)O)c1. The highest BCUT2D eigenvalue weighted by Crippen LogP contribution is 2.20. The van der Waals surface area contributed by atoms with E-state index in [1.54, 1.807) is 42.8 Å². The number of nitrogens with one attached hydrogen (secondary N) is 1. The fourth-order valence-electron chi connectivity index (χ4n) is 1.89. The van der Waals surface area contributed by atoms with Crippen molar-refractivity contribution in [2.24, 2.45) is 0 Å². The molecule has 0 aliphatic carbocycles. The van der Waals surface area contributed by atoms with Crippen LogP contribution in [0.3, 0.4) is 0 Å². The van der Waals surface area contributed by atoms with Gasteiger partial charge in [-0.2, -0.15) is 0 Å². The lowest BCUT2D eigenvalue weighted by atomic mass is 10.0. The summed E-state index contributed by atoms with van der Waals surface area (Å²) in [6, 6.07) is 8.45. The Kier molecular flexibility index (Phi) is 4.94. The molecule has 0 bridgehead atoms. The largest absolute Gasteiger partial charge is 0.496 e. The molecule has 0 saturated carbocycles. The van der Waals surface area contributed by atoms with Crippen molar-refractivity contribution in [1.82, 2.24) is 5.32 Å². The number of carboxylic acids is 1. The first kappa shape index (κ1) is 15.1. The van der Waals surface area contributed by atoms with Gasteiger partial charge in [-0.05, 0) is 18.1 Å². The Morgan fingerprint density at radius 3 is 2.76 bits per heavy atom. The summed E-state index contributed by atoms with van der Waals surface area (Å²) in [6.45, 7) is 0.378. The molecule has 0 unspecified atom stereocenters. The predicted octanol–water partition coefficient (Wildman–Crippen LogP) is 2.43. The molecule has 0 atom stereocenters. The van der Waals surface area contributed by atoms with Gasteiger partial charge in [0, 0.05) is 18.0 Å². The second kappa shape index (κ2) is 6.90. The van der Waals surface area contributed by atoms with Crippen LogP contribution in [0.5, 0.6) is 5.75 Å². The third-order valence-corrected chi connectivity index (χ3v) is 3.87. The monoisotopic (exact) mass is 305 g/mol. The maximum absolute atomic E-state index is 11.9. The topological polar surface area (TPSA) is 75.6 Å². The van der Waals surface area contributed by atoms with Gasteiger partial charge in [0.2, 0.25) is 0 Å². The number of carbonyl (C=O) groups excluding carboxylic acids is 1. The average molecular weight is 305 g/mol. The van der Waals surface area contributed by atoms with Gasteiger partial charge in [0.1, 0.15) is 5.75 Å². The Bertz CT molecular complexity index is 651. The Labute approximate surface area is 126 Å². The van der Waals surface area contributed by atoms with Gasteiger partial charge in [0.25, 0.3) is 5.91 Å². The van der Waals surface area contributed by atoms with Crippen molar-refractivity contribution in [2.75, 3.05) is 13.7 Å². The smallest absolute Gasteiger partial charge is 0.335 e. The van der Waals surface area contributed by atoms with E-state index in [1.165, 1.54) is 11.3 Å². The third-order valence-electron chi connectivity index (χ3n) is 2.96. The van der Waals surface area contributed by atoms with E-state index in [1.807, 2.05) is 0 Å². The number of hydrogen-bond donors (Lipinski definition) is 2. The lowest BCUT2D eigenvalue weighted by Crippen LogP contribution is -2.25. The maximum atomic E-state index is 11.9. The second-order valence-electron chi connectivity index (χ2n) is 4.32. The number of benzene rings is 1. The van der Waals surface area contributed by atoms with Crippen LogP contribution in [0.15, 0.2) is 35.7 Å². The molecule has 21 heavy (non-hydrogen) atoms. The highest BCUT2D eigenvalue weighted by Gasteiger charge is 2.11. The first-order valence-corrected chi connectivity index (χ1v) is 7.21. The Morgan fingerprint density at radius 1 is 1.33 bits per heavy atom. The molecule has 0 fully saturated rings. The van der Waals surface area contributed by atoms with Gasteiger partial charge < -0.3 is 15.2 Å². The van der Waals surface area contributed by atoms with E-state index in [-0.39, 0.29) is 11.5 Å². The molecular weight excluding hydrogens is 290 g/mol. The zero-order chi connectivity index (χ0) is 15.2. The first-order valence-electron chi connectivity index (χ1n) is 6.33. The van der Waals surface area contributed by atoms with Crippen molar-refractivity contribution in [2.45, 2.75) is 6.42 Å². The number of carbonyl (C=O) groups is 2. The lowest BCUT2D eigenvalue weighted by molar-refractivity contribution is 0.0695. The summed E-state index contributed by atoms with van der Waals surface area (Å²) in [6.07, 6.45) is 0.469. The molecule has 1 aromatic heterocycles.